The van der Waals surface area contributed by atoms with Gasteiger partial charge < -0.3 is 4.90 Å². The molecule has 0 spiro atoms. The van der Waals surface area contributed by atoms with E-state index < -0.39 is 0 Å². The molecule has 1 aliphatic carbocycles. The summed E-state index contributed by atoms with van der Waals surface area (Å²) in [7, 11) is 0. The van der Waals surface area contributed by atoms with Crippen LogP contribution in [0.3, 0.4) is 0 Å². The molecule has 4 nitrogen and oxygen atoms in total. The van der Waals surface area contributed by atoms with Gasteiger partial charge in [0.05, 0.1) is 5.69 Å². The first-order chi connectivity index (χ1) is 14.6. The summed E-state index contributed by atoms with van der Waals surface area (Å²) in [5.74, 6) is 0.148. The van der Waals surface area contributed by atoms with E-state index in [1.165, 1.54) is 16.8 Å². The van der Waals surface area contributed by atoms with Crippen LogP contribution in [0.4, 0.5) is 0 Å². The van der Waals surface area contributed by atoms with E-state index in [0.29, 0.717) is 6.04 Å². The Morgan fingerprint density at radius 3 is 2.40 bits per heavy atom. The fraction of sp³-hybridized carbons (Fsp3) is 0.280. The monoisotopic (exact) mass is 415 g/mol. The molecule has 0 radical (unpaired) electrons. The number of fused-ring (bicyclic) bond motifs is 1. The number of nitrogens with zero attached hydrogens (tertiary/aromatic N) is 3. The molecule has 0 unspecified atom stereocenters. The Morgan fingerprint density at radius 1 is 1.07 bits per heavy atom. The quantitative estimate of drug-likeness (QED) is 0.415. The largest absolute Gasteiger partial charge is 0.335 e. The predicted molar refractivity (Wildman–Crippen MR) is 122 cm³/mol. The minimum absolute atomic E-state index is 0.148. The number of thiazole rings is 1. The molecule has 0 bridgehead atoms. The molecule has 0 atom stereocenters. The molecule has 1 saturated carbocycles. The topological polar surface area (TPSA) is 37.6 Å². The molecule has 1 amide bonds. The van der Waals surface area contributed by atoms with Gasteiger partial charge in [0, 0.05) is 47.4 Å². The van der Waals surface area contributed by atoms with Gasteiger partial charge >= 0.3 is 0 Å². The van der Waals surface area contributed by atoms with E-state index in [9.17, 15) is 4.79 Å². The first-order valence-corrected chi connectivity index (χ1v) is 11.4. The lowest BCUT2D eigenvalue weighted by Gasteiger charge is -2.22. The second-order valence-corrected chi connectivity index (χ2v) is 9.05. The van der Waals surface area contributed by atoms with Crippen LogP contribution in [0.2, 0.25) is 0 Å². The molecule has 0 N–H and O–H groups in total. The first-order valence-electron chi connectivity index (χ1n) is 10.5. The van der Waals surface area contributed by atoms with Crippen LogP contribution in [0.15, 0.2) is 60.1 Å². The van der Waals surface area contributed by atoms with Crippen molar-refractivity contribution in [3.05, 3.63) is 82.5 Å². The number of imidazole rings is 1. The van der Waals surface area contributed by atoms with Crippen LogP contribution in [-0.4, -0.2) is 32.8 Å². The van der Waals surface area contributed by atoms with Crippen molar-refractivity contribution < 1.29 is 4.79 Å². The van der Waals surface area contributed by atoms with Gasteiger partial charge in [0.2, 0.25) is 0 Å². The van der Waals surface area contributed by atoms with Gasteiger partial charge in [-0.15, -0.1) is 11.3 Å². The molecule has 5 heteroatoms. The number of hydrogen-bond donors (Lipinski definition) is 0. The third-order valence-corrected chi connectivity index (χ3v) is 6.68. The summed E-state index contributed by atoms with van der Waals surface area (Å²) < 4.78 is 2.18. The van der Waals surface area contributed by atoms with Crippen molar-refractivity contribution in [3.63, 3.8) is 0 Å². The van der Waals surface area contributed by atoms with E-state index in [0.717, 1.165) is 47.6 Å². The van der Waals surface area contributed by atoms with Gasteiger partial charge in [0.1, 0.15) is 0 Å². The lowest BCUT2D eigenvalue weighted by molar-refractivity contribution is 0.0744. The summed E-state index contributed by atoms with van der Waals surface area (Å²) in [5.41, 5.74) is 6.55. The summed E-state index contributed by atoms with van der Waals surface area (Å²) in [4.78, 5) is 21.0. The lowest BCUT2D eigenvalue weighted by atomic mass is 10.1. The summed E-state index contributed by atoms with van der Waals surface area (Å²) in [6, 6.07) is 16.8. The van der Waals surface area contributed by atoms with E-state index in [1.54, 1.807) is 11.3 Å². The molecular weight excluding hydrogens is 390 g/mol. The van der Waals surface area contributed by atoms with Gasteiger partial charge in [-0.25, -0.2) is 4.98 Å². The highest BCUT2D eigenvalue weighted by atomic mass is 32.1. The molecule has 4 aromatic rings. The molecule has 2 heterocycles. The molecule has 1 fully saturated rings. The second-order valence-electron chi connectivity index (χ2n) is 8.22. The van der Waals surface area contributed by atoms with Crippen LogP contribution in [0.5, 0.6) is 0 Å². The fourth-order valence-corrected chi connectivity index (χ4v) is 4.71. The number of aromatic nitrogens is 2. The van der Waals surface area contributed by atoms with Crippen LogP contribution in [0.25, 0.3) is 16.2 Å². The molecule has 5 rings (SSSR count). The Morgan fingerprint density at radius 2 is 1.73 bits per heavy atom. The third kappa shape index (κ3) is 3.77. The standard InChI is InChI=1S/C25H25N3OS/c1-17-3-7-19(8-4-17)23-15-28-22(16-30-25(28)26-23)13-14-27(21-11-12-21)24(29)20-9-5-18(2)6-10-20/h3-10,15-16,21H,11-14H2,1-2H3. The number of amides is 1. The summed E-state index contributed by atoms with van der Waals surface area (Å²) in [5, 5.41) is 2.17. The molecule has 152 valence electrons. The Kier molecular flexibility index (Phi) is 4.91. The molecule has 2 aromatic heterocycles. The fourth-order valence-electron chi connectivity index (χ4n) is 3.81. The molecule has 30 heavy (non-hydrogen) atoms. The minimum Gasteiger partial charge on any atom is -0.335 e. The van der Waals surface area contributed by atoms with Crippen molar-refractivity contribution in [2.24, 2.45) is 0 Å². The molecular formula is C25H25N3OS. The van der Waals surface area contributed by atoms with Crippen molar-refractivity contribution in [3.8, 4) is 11.3 Å². The zero-order chi connectivity index (χ0) is 20.7. The molecule has 2 aromatic carbocycles. The summed E-state index contributed by atoms with van der Waals surface area (Å²) >= 11 is 1.66. The van der Waals surface area contributed by atoms with Gasteiger partial charge in [-0.05, 0) is 38.8 Å². The highest BCUT2D eigenvalue weighted by Gasteiger charge is 2.32. The third-order valence-electron chi connectivity index (χ3n) is 5.79. The molecule has 0 saturated heterocycles. The predicted octanol–water partition coefficient (Wildman–Crippen LogP) is 5.53. The maximum Gasteiger partial charge on any atom is 0.254 e. The average molecular weight is 416 g/mol. The van der Waals surface area contributed by atoms with E-state index >= 15 is 0 Å². The highest BCUT2D eigenvalue weighted by Crippen LogP contribution is 2.29. The summed E-state index contributed by atoms with van der Waals surface area (Å²) in [6.45, 7) is 4.88. The number of benzene rings is 2. The Balaban J connectivity index is 1.35. The van der Waals surface area contributed by atoms with Crippen LogP contribution >= 0.6 is 11.3 Å². The smallest absolute Gasteiger partial charge is 0.254 e. The van der Waals surface area contributed by atoms with Gasteiger partial charge in [-0.2, -0.15) is 0 Å². The van der Waals surface area contributed by atoms with Crippen LogP contribution in [-0.2, 0) is 6.42 Å². The summed E-state index contributed by atoms with van der Waals surface area (Å²) in [6.07, 6.45) is 5.17. The SMILES string of the molecule is Cc1ccc(C(=O)N(CCc2csc3nc(-c4ccc(C)cc4)cn23)C2CC2)cc1. The number of hydrogen-bond acceptors (Lipinski definition) is 3. The van der Waals surface area contributed by atoms with Crippen molar-refractivity contribution in [1.29, 1.82) is 0 Å². The molecule has 0 aliphatic heterocycles. The van der Waals surface area contributed by atoms with Crippen molar-refractivity contribution in [1.82, 2.24) is 14.3 Å². The van der Waals surface area contributed by atoms with E-state index in [1.807, 2.05) is 31.2 Å². The Hall–Kier alpha value is -2.92. The van der Waals surface area contributed by atoms with Gasteiger partial charge in [-0.3, -0.25) is 9.20 Å². The normalized spacial score (nSPS) is 13.7. The minimum atomic E-state index is 0.148. The number of carbonyl (C=O) groups excluding carboxylic acids is 1. The van der Waals surface area contributed by atoms with Gasteiger partial charge in [0.15, 0.2) is 4.96 Å². The lowest BCUT2D eigenvalue weighted by Crippen LogP contribution is -2.35. The zero-order valence-electron chi connectivity index (χ0n) is 17.3. The van der Waals surface area contributed by atoms with Crippen molar-refractivity contribution in [2.75, 3.05) is 6.54 Å². The van der Waals surface area contributed by atoms with Crippen LogP contribution in [0, 0.1) is 13.8 Å². The van der Waals surface area contributed by atoms with Crippen LogP contribution in [0.1, 0.15) is 40.0 Å². The maximum absolute atomic E-state index is 13.1. The van der Waals surface area contributed by atoms with Gasteiger partial charge in [-0.1, -0.05) is 47.5 Å². The van der Waals surface area contributed by atoms with E-state index in [-0.39, 0.29) is 5.91 Å². The number of carbonyl (C=O) groups is 1. The van der Waals surface area contributed by atoms with Crippen LogP contribution < -0.4 is 0 Å². The number of aryl methyl sites for hydroxylation is 2. The second kappa shape index (κ2) is 7.73. The van der Waals surface area contributed by atoms with E-state index in [4.69, 9.17) is 4.98 Å². The highest BCUT2D eigenvalue weighted by molar-refractivity contribution is 7.15. The van der Waals surface area contributed by atoms with E-state index in [2.05, 4.69) is 52.1 Å². The average Bonchev–Trinajstić information content (AvgIpc) is 3.38. The number of rotatable bonds is 6. The van der Waals surface area contributed by atoms with Crippen molar-refractivity contribution in [2.45, 2.75) is 39.2 Å². The Labute approximate surface area is 180 Å². The Bertz CT molecular complexity index is 1180. The first kappa shape index (κ1) is 19.1. The maximum atomic E-state index is 13.1. The zero-order valence-corrected chi connectivity index (χ0v) is 18.2. The van der Waals surface area contributed by atoms with Gasteiger partial charge in [0.25, 0.3) is 5.91 Å². The molecule has 1 aliphatic rings. The van der Waals surface area contributed by atoms with Crippen molar-refractivity contribution >= 4 is 22.2 Å².